The lowest BCUT2D eigenvalue weighted by atomic mass is 10.1. The van der Waals surface area contributed by atoms with Crippen LogP contribution in [0.4, 0.5) is 0 Å². The molecule has 19 heavy (non-hydrogen) atoms. The molecule has 2 aliphatic rings. The molecular formula is C13H20N4O2. The number of H-pyrrole nitrogens is 1. The Morgan fingerprint density at radius 3 is 2.84 bits per heavy atom. The number of hydrogen-bond acceptors (Lipinski definition) is 4. The number of amides is 1. The number of carbonyl (C=O) groups is 1. The summed E-state index contributed by atoms with van der Waals surface area (Å²) in [5.74, 6) is -0.120. The molecule has 0 radical (unpaired) electrons. The molecule has 0 aromatic carbocycles. The van der Waals surface area contributed by atoms with Gasteiger partial charge in [-0.25, -0.2) is 5.01 Å². The summed E-state index contributed by atoms with van der Waals surface area (Å²) in [5.41, 5.74) is 5.40. The molecule has 1 aromatic heterocycles. The molecule has 3 rings (SSSR count). The van der Waals surface area contributed by atoms with E-state index >= 15 is 0 Å². The second-order valence-electron chi connectivity index (χ2n) is 5.17. The minimum Gasteiger partial charge on any atom is -0.376 e. The van der Waals surface area contributed by atoms with Crippen LogP contribution in [0.2, 0.25) is 0 Å². The number of ether oxygens (including phenoxy) is 1. The molecule has 0 unspecified atom stereocenters. The first-order valence-electron chi connectivity index (χ1n) is 7.04. The van der Waals surface area contributed by atoms with E-state index in [0.29, 0.717) is 18.9 Å². The largest absolute Gasteiger partial charge is 0.376 e. The third-order valence-corrected chi connectivity index (χ3v) is 3.78. The second kappa shape index (κ2) is 5.71. The van der Waals surface area contributed by atoms with Crippen LogP contribution in [0.25, 0.3) is 0 Å². The lowest BCUT2D eigenvalue weighted by Gasteiger charge is -2.20. The first-order valence-corrected chi connectivity index (χ1v) is 7.04. The summed E-state index contributed by atoms with van der Waals surface area (Å²) in [7, 11) is 0. The molecule has 1 saturated heterocycles. The van der Waals surface area contributed by atoms with Crippen molar-refractivity contribution in [1.82, 2.24) is 20.6 Å². The minimum atomic E-state index is -0.120. The van der Waals surface area contributed by atoms with Crippen LogP contribution in [-0.4, -0.2) is 40.8 Å². The van der Waals surface area contributed by atoms with E-state index in [9.17, 15) is 4.79 Å². The van der Waals surface area contributed by atoms with Gasteiger partial charge in [0.15, 0.2) is 5.69 Å². The predicted octanol–water partition coefficient (Wildman–Crippen LogP) is 1.00. The van der Waals surface area contributed by atoms with Crippen LogP contribution in [0, 0.1) is 0 Å². The Kier molecular flexibility index (Phi) is 3.79. The van der Waals surface area contributed by atoms with E-state index in [1.165, 1.54) is 12.8 Å². The zero-order valence-corrected chi connectivity index (χ0v) is 11.1. The van der Waals surface area contributed by atoms with E-state index in [-0.39, 0.29) is 5.91 Å². The fraction of sp³-hybridized carbons (Fsp3) is 0.692. The number of fused-ring (bicyclic) bond motifs is 1. The van der Waals surface area contributed by atoms with Gasteiger partial charge in [0.2, 0.25) is 0 Å². The average Bonchev–Trinajstić information content (AvgIpc) is 2.70. The maximum atomic E-state index is 12.3. The van der Waals surface area contributed by atoms with Crippen LogP contribution in [0.3, 0.4) is 0 Å². The number of nitrogens with one attached hydrogen (secondary N) is 2. The van der Waals surface area contributed by atoms with Gasteiger partial charge < -0.3 is 4.74 Å². The average molecular weight is 264 g/mol. The van der Waals surface area contributed by atoms with Crippen LogP contribution < -0.4 is 5.43 Å². The van der Waals surface area contributed by atoms with Crippen molar-refractivity contribution in [3.05, 3.63) is 17.0 Å². The Hall–Kier alpha value is -1.40. The number of aromatic nitrogens is 2. The topological polar surface area (TPSA) is 70.2 Å². The third-order valence-electron chi connectivity index (χ3n) is 3.78. The summed E-state index contributed by atoms with van der Waals surface area (Å²) < 4.78 is 5.40. The Morgan fingerprint density at radius 2 is 2.05 bits per heavy atom. The molecule has 3 heterocycles. The number of hydrazine groups is 1. The maximum absolute atomic E-state index is 12.3. The zero-order chi connectivity index (χ0) is 13.1. The first-order chi connectivity index (χ1) is 9.34. The molecule has 0 saturated carbocycles. The van der Waals surface area contributed by atoms with E-state index in [1.54, 1.807) is 0 Å². The normalized spacial score (nSPS) is 20.6. The summed E-state index contributed by atoms with van der Waals surface area (Å²) in [6.45, 7) is 3.03. The van der Waals surface area contributed by atoms with Crippen molar-refractivity contribution in [3.8, 4) is 0 Å². The summed E-state index contributed by atoms with van der Waals surface area (Å²) in [5, 5.41) is 9.10. The van der Waals surface area contributed by atoms with Crippen LogP contribution in [0.1, 0.15) is 47.4 Å². The van der Waals surface area contributed by atoms with Crippen molar-refractivity contribution in [2.75, 3.05) is 19.7 Å². The zero-order valence-electron chi connectivity index (χ0n) is 11.1. The molecule has 1 fully saturated rings. The Bertz CT molecular complexity index is 449. The quantitative estimate of drug-likeness (QED) is 0.836. The molecule has 0 atom stereocenters. The highest BCUT2D eigenvalue weighted by Gasteiger charge is 2.23. The van der Waals surface area contributed by atoms with E-state index in [1.807, 2.05) is 5.01 Å². The van der Waals surface area contributed by atoms with Gasteiger partial charge in [-0.15, -0.1) is 0 Å². The molecule has 0 spiro atoms. The highest BCUT2D eigenvalue weighted by Crippen LogP contribution is 2.18. The fourth-order valence-electron chi connectivity index (χ4n) is 2.68. The molecule has 0 aliphatic carbocycles. The van der Waals surface area contributed by atoms with Crippen LogP contribution in [-0.2, 0) is 17.8 Å². The summed E-state index contributed by atoms with van der Waals surface area (Å²) >= 11 is 0. The van der Waals surface area contributed by atoms with E-state index in [2.05, 4.69) is 15.6 Å². The standard InChI is InChI=1S/C13H20N4O2/c18-13(16-17-6-3-1-2-4-7-17)12-10-9-19-8-5-11(10)14-15-12/h1-9H2,(H,14,15)(H,16,18). The number of carbonyl (C=O) groups excluding carboxylic acids is 1. The molecule has 6 nitrogen and oxygen atoms in total. The van der Waals surface area contributed by atoms with Gasteiger partial charge in [-0.2, -0.15) is 5.10 Å². The molecule has 0 bridgehead atoms. The lowest BCUT2D eigenvalue weighted by molar-refractivity contribution is 0.0775. The van der Waals surface area contributed by atoms with Crippen molar-refractivity contribution in [3.63, 3.8) is 0 Å². The van der Waals surface area contributed by atoms with Gasteiger partial charge in [-0.05, 0) is 12.8 Å². The monoisotopic (exact) mass is 264 g/mol. The number of nitrogens with zero attached hydrogens (tertiary/aromatic N) is 2. The number of aromatic amines is 1. The summed E-state index contributed by atoms with van der Waals surface area (Å²) in [6, 6.07) is 0. The van der Waals surface area contributed by atoms with Gasteiger partial charge in [0.1, 0.15) is 0 Å². The van der Waals surface area contributed by atoms with Gasteiger partial charge in [-0.1, -0.05) is 12.8 Å². The van der Waals surface area contributed by atoms with E-state index in [4.69, 9.17) is 4.74 Å². The third kappa shape index (κ3) is 2.79. The molecule has 2 N–H and O–H groups in total. The molecular weight excluding hydrogens is 244 g/mol. The number of hydrogen-bond donors (Lipinski definition) is 2. The van der Waals surface area contributed by atoms with Crippen molar-refractivity contribution >= 4 is 5.91 Å². The van der Waals surface area contributed by atoms with Gasteiger partial charge >= 0.3 is 0 Å². The number of rotatable bonds is 2. The van der Waals surface area contributed by atoms with Crippen LogP contribution in [0.15, 0.2) is 0 Å². The van der Waals surface area contributed by atoms with Crippen LogP contribution >= 0.6 is 0 Å². The second-order valence-corrected chi connectivity index (χ2v) is 5.17. The van der Waals surface area contributed by atoms with Crippen molar-refractivity contribution < 1.29 is 9.53 Å². The fourth-order valence-corrected chi connectivity index (χ4v) is 2.68. The molecule has 1 amide bonds. The Labute approximate surface area is 112 Å². The van der Waals surface area contributed by atoms with Gasteiger partial charge in [0, 0.05) is 30.8 Å². The summed E-state index contributed by atoms with van der Waals surface area (Å²) in [6.07, 6.45) is 5.58. The molecule has 104 valence electrons. The first kappa shape index (κ1) is 12.6. The Morgan fingerprint density at radius 1 is 1.26 bits per heavy atom. The molecule has 2 aliphatic heterocycles. The highest BCUT2D eigenvalue weighted by atomic mass is 16.5. The lowest BCUT2D eigenvalue weighted by Crippen LogP contribution is -2.43. The van der Waals surface area contributed by atoms with E-state index in [0.717, 1.165) is 43.6 Å². The molecule has 6 heteroatoms. The van der Waals surface area contributed by atoms with Gasteiger partial charge in [0.05, 0.1) is 13.2 Å². The Balaban J connectivity index is 1.68. The molecule has 1 aromatic rings. The maximum Gasteiger partial charge on any atom is 0.286 e. The smallest absolute Gasteiger partial charge is 0.286 e. The van der Waals surface area contributed by atoms with Crippen molar-refractivity contribution in [2.24, 2.45) is 0 Å². The van der Waals surface area contributed by atoms with E-state index < -0.39 is 0 Å². The highest BCUT2D eigenvalue weighted by molar-refractivity contribution is 5.93. The van der Waals surface area contributed by atoms with Gasteiger partial charge in [0.25, 0.3) is 5.91 Å². The van der Waals surface area contributed by atoms with Crippen molar-refractivity contribution in [1.29, 1.82) is 0 Å². The van der Waals surface area contributed by atoms with Crippen LogP contribution in [0.5, 0.6) is 0 Å². The summed E-state index contributed by atoms with van der Waals surface area (Å²) in [4.78, 5) is 12.3. The SMILES string of the molecule is O=C(NN1CCCCCC1)c1n[nH]c2c1COCC2. The predicted molar refractivity (Wildman–Crippen MR) is 69.5 cm³/mol. The van der Waals surface area contributed by atoms with Crippen molar-refractivity contribution in [2.45, 2.75) is 38.7 Å². The minimum absolute atomic E-state index is 0.120. The van der Waals surface area contributed by atoms with Gasteiger partial charge in [-0.3, -0.25) is 15.3 Å².